The summed E-state index contributed by atoms with van der Waals surface area (Å²) in [6.07, 6.45) is 1.30. The first kappa shape index (κ1) is 21.6. The van der Waals surface area contributed by atoms with Crippen molar-refractivity contribution in [3.8, 4) is 17.1 Å². The fraction of sp³-hybridized carbons (Fsp3) is 0.0526. The minimum atomic E-state index is -0.653. The molecule has 0 bridgehead atoms. The normalized spacial score (nSPS) is 10.9. The molecule has 0 spiro atoms. The number of nitrogens with zero attached hydrogens (tertiary/aromatic N) is 2. The number of hydrazone groups is 1. The lowest BCUT2D eigenvalue weighted by Gasteiger charge is -2.05. The summed E-state index contributed by atoms with van der Waals surface area (Å²) < 4.78 is 10.8. The van der Waals surface area contributed by atoms with Gasteiger partial charge in [0.1, 0.15) is 11.5 Å². The van der Waals surface area contributed by atoms with Gasteiger partial charge in [-0.05, 0) is 42.5 Å². The van der Waals surface area contributed by atoms with Gasteiger partial charge in [0.25, 0.3) is 5.91 Å². The van der Waals surface area contributed by atoms with Gasteiger partial charge in [-0.3, -0.25) is 14.9 Å². The van der Waals surface area contributed by atoms with E-state index in [1.807, 2.05) is 0 Å². The van der Waals surface area contributed by atoms with E-state index < -0.39 is 17.4 Å². The number of hydrogen-bond acceptors (Lipinski definition) is 6. The van der Waals surface area contributed by atoms with Crippen molar-refractivity contribution in [3.63, 3.8) is 0 Å². The minimum Gasteiger partial charge on any atom is -0.477 e. The van der Waals surface area contributed by atoms with E-state index in [-0.39, 0.29) is 16.5 Å². The Balaban J connectivity index is 1.56. The van der Waals surface area contributed by atoms with Crippen LogP contribution >= 0.6 is 34.8 Å². The predicted molar refractivity (Wildman–Crippen MR) is 114 cm³/mol. The Kier molecular flexibility index (Phi) is 6.94. The van der Waals surface area contributed by atoms with Gasteiger partial charge in [0.2, 0.25) is 0 Å². The van der Waals surface area contributed by atoms with Crippen LogP contribution in [-0.2, 0) is 4.79 Å². The molecule has 154 valence electrons. The smallest absolute Gasteiger partial charge is 0.312 e. The maximum absolute atomic E-state index is 11.8. The van der Waals surface area contributed by atoms with Crippen LogP contribution in [-0.4, -0.2) is 23.7 Å². The number of carbonyl (C=O) groups is 1. The number of carbonyl (C=O) groups excluding carboxylic acids is 1. The van der Waals surface area contributed by atoms with Crippen LogP contribution in [0.25, 0.3) is 11.3 Å². The van der Waals surface area contributed by atoms with Gasteiger partial charge in [-0.1, -0.05) is 34.8 Å². The van der Waals surface area contributed by atoms with Crippen LogP contribution in [0.5, 0.6) is 5.75 Å². The van der Waals surface area contributed by atoms with Gasteiger partial charge in [-0.2, -0.15) is 5.10 Å². The molecule has 0 aliphatic carbocycles. The number of halogens is 3. The van der Waals surface area contributed by atoms with Gasteiger partial charge in [-0.15, -0.1) is 0 Å². The monoisotopic (exact) mass is 467 g/mol. The highest BCUT2D eigenvalue weighted by Gasteiger charge is 2.16. The highest BCUT2D eigenvalue weighted by molar-refractivity contribution is 6.42. The molecule has 8 nitrogen and oxygen atoms in total. The molecule has 1 heterocycles. The Bertz CT molecular complexity index is 1130. The summed E-state index contributed by atoms with van der Waals surface area (Å²) in [5.41, 5.74) is 2.62. The number of hydrogen-bond donors (Lipinski definition) is 1. The van der Waals surface area contributed by atoms with E-state index in [0.717, 1.165) is 11.6 Å². The lowest BCUT2D eigenvalue weighted by molar-refractivity contribution is -0.385. The van der Waals surface area contributed by atoms with Gasteiger partial charge >= 0.3 is 5.69 Å². The molecule has 0 unspecified atom stereocenters. The summed E-state index contributed by atoms with van der Waals surface area (Å²) in [4.78, 5) is 22.2. The summed E-state index contributed by atoms with van der Waals surface area (Å²) >= 11 is 17.6. The molecule has 0 saturated heterocycles. The SMILES string of the molecule is O=C(COc1ccc(Cl)cc1[N+](=O)[O-])N/N=C\c1ccc(-c2ccc(Cl)c(Cl)c2)o1. The van der Waals surface area contributed by atoms with Crippen molar-refractivity contribution in [1.82, 2.24) is 5.43 Å². The molecule has 2 aromatic carbocycles. The van der Waals surface area contributed by atoms with Crippen LogP contribution < -0.4 is 10.2 Å². The van der Waals surface area contributed by atoms with Gasteiger partial charge in [0, 0.05) is 16.7 Å². The maximum atomic E-state index is 11.8. The fourth-order valence-corrected chi connectivity index (χ4v) is 2.79. The largest absolute Gasteiger partial charge is 0.477 e. The van der Waals surface area contributed by atoms with Crippen LogP contribution in [0, 0.1) is 10.1 Å². The van der Waals surface area contributed by atoms with Crippen LogP contribution in [0.3, 0.4) is 0 Å². The van der Waals surface area contributed by atoms with Crippen LogP contribution in [0.4, 0.5) is 5.69 Å². The van der Waals surface area contributed by atoms with Crippen LogP contribution in [0.15, 0.2) is 58.0 Å². The Morgan fingerprint density at radius 2 is 1.93 bits per heavy atom. The van der Waals surface area contributed by atoms with Crippen molar-refractivity contribution in [2.75, 3.05) is 6.61 Å². The van der Waals surface area contributed by atoms with Crippen molar-refractivity contribution in [3.05, 3.63) is 79.5 Å². The highest BCUT2D eigenvalue weighted by Crippen LogP contribution is 2.30. The number of nitro groups is 1. The van der Waals surface area contributed by atoms with Gasteiger partial charge < -0.3 is 9.15 Å². The fourth-order valence-electron chi connectivity index (χ4n) is 2.33. The summed E-state index contributed by atoms with van der Waals surface area (Å²) in [6, 6.07) is 12.3. The molecule has 0 atom stereocenters. The van der Waals surface area contributed by atoms with Crippen molar-refractivity contribution in [2.24, 2.45) is 5.10 Å². The zero-order valence-electron chi connectivity index (χ0n) is 15.0. The van der Waals surface area contributed by atoms with Gasteiger partial charge in [-0.25, -0.2) is 5.43 Å². The second kappa shape index (κ2) is 9.62. The molecule has 1 amide bonds. The number of benzene rings is 2. The summed E-state index contributed by atoms with van der Waals surface area (Å²) in [6.45, 7) is -0.480. The van der Waals surface area contributed by atoms with Crippen molar-refractivity contribution >= 4 is 52.6 Å². The van der Waals surface area contributed by atoms with Crippen LogP contribution in [0.2, 0.25) is 15.1 Å². The van der Waals surface area contributed by atoms with E-state index in [0.29, 0.717) is 21.6 Å². The van der Waals surface area contributed by atoms with Crippen molar-refractivity contribution < 1.29 is 18.9 Å². The van der Waals surface area contributed by atoms with E-state index >= 15 is 0 Å². The molecule has 0 aliphatic heterocycles. The van der Waals surface area contributed by atoms with E-state index in [4.69, 9.17) is 44.0 Å². The lowest BCUT2D eigenvalue weighted by atomic mass is 10.2. The average molecular weight is 469 g/mol. The van der Waals surface area contributed by atoms with Gasteiger partial charge in [0.15, 0.2) is 12.4 Å². The van der Waals surface area contributed by atoms with E-state index in [1.165, 1.54) is 18.3 Å². The molecular formula is C19H12Cl3N3O5. The molecule has 1 aromatic heterocycles. The Morgan fingerprint density at radius 3 is 2.67 bits per heavy atom. The minimum absolute atomic E-state index is 0.0826. The second-order valence-corrected chi connectivity index (χ2v) is 7.03. The summed E-state index contributed by atoms with van der Waals surface area (Å²) in [5, 5.41) is 15.8. The molecule has 0 radical (unpaired) electrons. The lowest BCUT2D eigenvalue weighted by Crippen LogP contribution is -2.24. The molecule has 11 heteroatoms. The first-order chi connectivity index (χ1) is 14.3. The van der Waals surface area contributed by atoms with E-state index in [2.05, 4.69) is 10.5 Å². The molecule has 1 N–H and O–H groups in total. The number of nitro benzene ring substituents is 1. The van der Waals surface area contributed by atoms with E-state index in [9.17, 15) is 14.9 Å². The number of amides is 1. The molecule has 0 aliphatic rings. The first-order valence-corrected chi connectivity index (χ1v) is 9.41. The third kappa shape index (κ3) is 5.50. The summed E-state index contributed by atoms with van der Waals surface area (Å²) in [5.74, 6) is 0.220. The van der Waals surface area contributed by atoms with Gasteiger partial charge in [0.05, 0.1) is 21.2 Å². The zero-order chi connectivity index (χ0) is 21.7. The number of ether oxygens (including phenoxy) is 1. The standard InChI is InChI=1S/C19H12Cl3N3O5/c20-12-2-5-18(16(8-12)25(27)28)29-10-19(26)24-23-9-13-3-6-17(30-13)11-1-4-14(21)15(22)7-11/h1-9H,10H2,(H,24,26)/b23-9-. The van der Waals surface area contributed by atoms with Crippen LogP contribution in [0.1, 0.15) is 5.76 Å². The van der Waals surface area contributed by atoms with E-state index in [1.54, 1.807) is 30.3 Å². The van der Waals surface area contributed by atoms with Crippen molar-refractivity contribution in [1.29, 1.82) is 0 Å². The third-order valence-electron chi connectivity index (χ3n) is 3.69. The Hall–Kier alpha value is -3.07. The number of rotatable bonds is 7. The molecule has 0 saturated carbocycles. The zero-order valence-corrected chi connectivity index (χ0v) is 17.2. The molecule has 30 heavy (non-hydrogen) atoms. The predicted octanol–water partition coefficient (Wildman–Crippen LogP) is 5.34. The Morgan fingerprint density at radius 1 is 1.13 bits per heavy atom. The molecular weight excluding hydrogens is 457 g/mol. The Labute approximate surface area is 185 Å². The topological polar surface area (TPSA) is 107 Å². The number of nitrogens with one attached hydrogen (secondary N) is 1. The first-order valence-electron chi connectivity index (χ1n) is 8.27. The maximum Gasteiger partial charge on any atom is 0.312 e. The third-order valence-corrected chi connectivity index (χ3v) is 4.66. The average Bonchev–Trinajstić information content (AvgIpc) is 3.18. The second-order valence-electron chi connectivity index (χ2n) is 5.78. The number of furan rings is 1. The quantitative estimate of drug-likeness (QED) is 0.286. The highest BCUT2D eigenvalue weighted by atomic mass is 35.5. The molecule has 3 aromatic rings. The molecule has 3 rings (SSSR count). The molecule has 0 fully saturated rings. The summed E-state index contributed by atoms with van der Waals surface area (Å²) in [7, 11) is 0. The van der Waals surface area contributed by atoms with Crippen molar-refractivity contribution in [2.45, 2.75) is 0 Å².